The van der Waals surface area contributed by atoms with Crippen LogP contribution in [0.15, 0.2) is 24.3 Å². The first-order valence-corrected chi connectivity index (χ1v) is 10.1. The van der Waals surface area contributed by atoms with E-state index in [2.05, 4.69) is 27.4 Å². The molecule has 0 aromatic heterocycles. The monoisotopic (exact) mass is 344 g/mol. The van der Waals surface area contributed by atoms with Gasteiger partial charge in [0.25, 0.3) is 0 Å². The van der Waals surface area contributed by atoms with E-state index in [-0.39, 0.29) is 17.4 Å². The number of phenolic OH excluding ortho intramolecular Hbond substituents is 2. The molecule has 25 heavy (non-hydrogen) atoms. The topological polar surface area (TPSA) is 40.5 Å². The molecule has 1 aliphatic carbocycles. The van der Waals surface area contributed by atoms with Crippen molar-refractivity contribution >= 4 is 0 Å². The third-order valence-electron chi connectivity index (χ3n) is 5.88. The molecular weight excluding hydrogens is 308 g/mol. The molecule has 0 spiro atoms. The van der Waals surface area contributed by atoms with Crippen LogP contribution in [0, 0.1) is 11.8 Å². The normalized spacial score (nSPS) is 23.6. The molecule has 0 saturated heterocycles. The van der Waals surface area contributed by atoms with Crippen LogP contribution in [0.5, 0.6) is 11.5 Å². The highest BCUT2D eigenvalue weighted by Crippen LogP contribution is 2.49. The molecule has 3 atom stereocenters. The summed E-state index contributed by atoms with van der Waals surface area (Å²) in [4.78, 5) is 0. The summed E-state index contributed by atoms with van der Waals surface area (Å²) in [5, 5.41) is 21.3. The second-order valence-electron chi connectivity index (χ2n) is 8.19. The Kier molecular flexibility index (Phi) is 7.40. The van der Waals surface area contributed by atoms with Gasteiger partial charge in [0, 0.05) is 5.56 Å². The molecule has 1 aliphatic rings. The van der Waals surface area contributed by atoms with Gasteiger partial charge in [-0.3, -0.25) is 0 Å². The van der Waals surface area contributed by atoms with E-state index in [0.717, 1.165) is 42.4 Å². The Morgan fingerprint density at radius 3 is 2.32 bits per heavy atom. The standard InChI is InChI=1S/C23H36O2/c1-5-6-7-8-9-10-18-14-21(24)23(22(25)15-18)20-13-17(4)11-12-19(20)16(2)3/h14-15,17,19-20,24-25H,2,5-13H2,1,3-4H3/t17?,19?,20-/m1/s1. The Labute approximate surface area is 154 Å². The molecule has 0 aliphatic heterocycles. The van der Waals surface area contributed by atoms with Gasteiger partial charge in [-0.2, -0.15) is 0 Å². The summed E-state index contributed by atoms with van der Waals surface area (Å²) in [6, 6.07) is 3.76. The van der Waals surface area contributed by atoms with Gasteiger partial charge in [0.05, 0.1) is 0 Å². The lowest BCUT2D eigenvalue weighted by molar-refractivity contribution is 0.267. The zero-order valence-corrected chi connectivity index (χ0v) is 16.4. The molecule has 2 nitrogen and oxygen atoms in total. The fraction of sp³-hybridized carbons (Fsp3) is 0.652. The van der Waals surface area contributed by atoms with Crippen molar-refractivity contribution in [1.29, 1.82) is 0 Å². The molecule has 2 unspecified atom stereocenters. The number of hydrogen-bond acceptors (Lipinski definition) is 2. The lowest BCUT2D eigenvalue weighted by atomic mass is 9.69. The van der Waals surface area contributed by atoms with Crippen molar-refractivity contribution < 1.29 is 10.2 Å². The number of unbranched alkanes of at least 4 members (excludes halogenated alkanes) is 4. The number of phenols is 2. The minimum absolute atomic E-state index is 0.180. The number of hydrogen-bond donors (Lipinski definition) is 2. The van der Waals surface area contributed by atoms with Gasteiger partial charge < -0.3 is 10.2 Å². The van der Waals surface area contributed by atoms with Gasteiger partial charge >= 0.3 is 0 Å². The number of aromatic hydroxyl groups is 2. The summed E-state index contributed by atoms with van der Waals surface area (Å²) in [7, 11) is 0. The lowest BCUT2D eigenvalue weighted by Crippen LogP contribution is -2.23. The average molecular weight is 345 g/mol. The van der Waals surface area contributed by atoms with E-state index in [1.807, 2.05) is 12.1 Å². The van der Waals surface area contributed by atoms with Crippen LogP contribution in [0.3, 0.4) is 0 Å². The van der Waals surface area contributed by atoms with E-state index >= 15 is 0 Å². The summed E-state index contributed by atoms with van der Waals surface area (Å²) in [6.45, 7) is 10.7. The highest BCUT2D eigenvalue weighted by molar-refractivity contribution is 5.49. The molecule has 2 N–H and O–H groups in total. The molecular formula is C23H36O2. The van der Waals surface area contributed by atoms with Crippen molar-refractivity contribution in [3.63, 3.8) is 0 Å². The Morgan fingerprint density at radius 1 is 1.08 bits per heavy atom. The van der Waals surface area contributed by atoms with Gasteiger partial charge in [-0.05, 0) is 68.1 Å². The van der Waals surface area contributed by atoms with Crippen molar-refractivity contribution in [3.8, 4) is 11.5 Å². The SMILES string of the molecule is C=C(C)C1CCC(C)C[C@H]1c1c(O)cc(CCCCCCC)cc1O. The second-order valence-corrected chi connectivity index (χ2v) is 8.19. The number of rotatable bonds is 8. The molecule has 0 radical (unpaired) electrons. The predicted molar refractivity (Wildman–Crippen MR) is 106 cm³/mol. The Hall–Kier alpha value is -1.44. The largest absolute Gasteiger partial charge is 0.508 e. The first kappa shape index (κ1) is 19.9. The molecule has 0 amide bonds. The predicted octanol–water partition coefficient (Wildman–Crippen LogP) is 6.71. The number of aryl methyl sites for hydroxylation is 1. The highest BCUT2D eigenvalue weighted by Gasteiger charge is 2.33. The van der Waals surface area contributed by atoms with Gasteiger partial charge in [-0.15, -0.1) is 0 Å². The van der Waals surface area contributed by atoms with E-state index in [1.54, 1.807) is 0 Å². The van der Waals surface area contributed by atoms with Crippen molar-refractivity contribution in [1.82, 2.24) is 0 Å². The third kappa shape index (κ3) is 5.26. The molecule has 2 heteroatoms. The highest BCUT2D eigenvalue weighted by atomic mass is 16.3. The van der Waals surface area contributed by atoms with Gasteiger partial charge in [0.15, 0.2) is 0 Å². The van der Waals surface area contributed by atoms with Gasteiger partial charge in [0.1, 0.15) is 11.5 Å². The molecule has 1 fully saturated rings. The van der Waals surface area contributed by atoms with E-state index in [1.165, 1.54) is 32.1 Å². The Balaban J connectivity index is 2.14. The molecule has 0 bridgehead atoms. The number of allylic oxidation sites excluding steroid dienone is 1. The average Bonchev–Trinajstić information content (AvgIpc) is 2.54. The Bertz CT molecular complexity index is 552. The third-order valence-corrected chi connectivity index (χ3v) is 5.88. The van der Waals surface area contributed by atoms with Gasteiger partial charge in [-0.25, -0.2) is 0 Å². The maximum atomic E-state index is 10.7. The molecule has 0 heterocycles. The maximum Gasteiger partial charge on any atom is 0.123 e. The summed E-state index contributed by atoms with van der Waals surface area (Å²) < 4.78 is 0. The van der Waals surface area contributed by atoms with E-state index < -0.39 is 0 Å². The Morgan fingerprint density at radius 2 is 1.72 bits per heavy atom. The number of benzene rings is 1. The van der Waals surface area contributed by atoms with Crippen LogP contribution in [0.4, 0.5) is 0 Å². The minimum Gasteiger partial charge on any atom is -0.508 e. The van der Waals surface area contributed by atoms with Crippen LogP contribution in [0.2, 0.25) is 0 Å². The van der Waals surface area contributed by atoms with E-state index in [4.69, 9.17) is 0 Å². The van der Waals surface area contributed by atoms with Crippen molar-refractivity contribution in [2.75, 3.05) is 0 Å². The van der Waals surface area contributed by atoms with Crippen LogP contribution in [-0.2, 0) is 6.42 Å². The second kappa shape index (κ2) is 9.31. The molecule has 1 aromatic carbocycles. The summed E-state index contributed by atoms with van der Waals surface area (Å²) in [6.07, 6.45) is 10.4. The fourth-order valence-corrected chi connectivity index (χ4v) is 4.43. The van der Waals surface area contributed by atoms with Crippen LogP contribution in [-0.4, -0.2) is 10.2 Å². The van der Waals surface area contributed by atoms with Crippen molar-refractivity contribution in [3.05, 3.63) is 35.4 Å². The molecule has 1 aromatic rings. The van der Waals surface area contributed by atoms with Gasteiger partial charge in [-0.1, -0.05) is 58.1 Å². The van der Waals surface area contributed by atoms with Crippen molar-refractivity contribution in [2.24, 2.45) is 11.8 Å². The lowest BCUT2D eigenvalue weighted by Gasteiger charge is -2.36. The van der Waals surface area contributed by atoms with Crippen LogP contribution in [0.25, 0.3) is 0 Å². The molecule has 1 saturated carbocycles. The summed E-state index contributed by atoms with van der Waals surface area (Å²) >= 11 is 0. The quantitative estimate of drug-likeness (QED) is 0.406. The molecule has 140 valence electrons. The zero-order valence-electron chi connectivity index (χ0n) is 16.4. The first-order chi connectivity index (χ1) is 11.9. The van der Waals surface area contributed by atoms with Crippen LogP contribution in [0.1, 0.15) is 89.2 Å². The zero-order chi connectivity index (χ0) is 18.4. The van der Waals surface area contributed by atoms with E-state index in [9.17, 15) is 10.2 Å². The van der Waals surface area contributed by atoms with Crippen LogP contribution >= 0.6 is 0 Å². The summed E-state index contributed by atoms with van der Waals surface area (Å²) in [5.74, 6) is 1.70. The van der Waals surface area contributed by atoms with E-state index in [0.29, 0.717) is 11.8 Å². The summed E-state index contributed by atoms with van der Waals surface area (Å²) in [5.41, 5.74) is 2.95. The van der Waals surface area contributed by atoms with Gasteiger partial charge in [0.2, 0.25) is 0 Å². The maximum absolute atomic E-state index is 10.7. The molecule has 2 rings (SSSR count). The smallest absolute Gasteiger partial charge is 0.123 e. The minimum atomic E-state index is 0.180. The van der Waals surface area contributed by atoms with Crippen molar-refractivity contribution in [2.45, 2.75) is 84.5 Å². The van der Waals surface area contributed by atoms with Crippen LogP contribution < -0.4 is 0 Å². The first-order valence-electron chi connectivity index (χ1n) is 10.1. The fourth-order valence-electron chi connectivity index (χ4n) is 4.43.